The number of carbonyl (C=O) groups is 1. The topological polar surface area (TPSA) is 41.1 Å². The average Bonchev–Trinajstić information content (AvgIpc) is 2.48. The van der Waals surface area contributed by atoms with Crippen molar-refractivity contribution >= 4 is 23.0 Å². The minimum atomic E-state index is -0.0364. The third-order valence-electron chi connectivity index (χ3n) is 3.79. The van der Waals surface area contributed by atoms with E-state index in [1.54, 1.807) is 0 Å². The molecule has 0 aliphatic rings. The van der Waals surface area contributed by atoms with Crippen molar-refractivity contribution in [3.63, 3.8) is 0 Å². The van der Waals surface area contributed by atoms with E-state index in [0.29, 0.717) is 0 Å². The van der Waals surface area contributed by atoms with Gasteiger partial charge in [0.1, 0.15) is 0 Å². The van der Waals surface area contributed by atoms with Crippen molar-refractivity contribution in [1.82, 2.24) is 0 Å². The summed E-state index contributed by atoms with van der Waals surface area (Å²) in [5.74, 6) is 0.00588. The van der Waals surface area contributed by atoms with Crippen molar-refractivity contribution in [3.8, 4) is 0 Å². The molecule has 116 valence electrons. The van der Waals surface area contributed by atoms with E-state index in [1.165, 1.54) is 5.56 Å². The number of carbonyl (C=O) groups excluding carboxylic acids is 1. The molecule has 3 heteroatoms. The van der Waals surface area contributed by atoms with Gasteiger partial charge in [0.2, 0.25) is 5.91 Å². The first kappa shape index (κ1) is 16.1. The zero-order valence-corrected chi connectivity index (χ0v) is 13.9. The number of aryl methyl sites for hydroxylation is 2. The van der Waals surface area contributed by atoms with Crippen LogP contribution in [0.5, 0.6) is 0 Å². The van der Waals surface area contributed by atoms with Crippen LogP contribution in [0.3, 0.4) is 0 Å². The molecule has 0 atom stereocenters. The molecule has 0 spiro atoms. The highest BCUT2D eigenvalue weighted by Gasteiger charge is 2.15. The van der Waals surface area contributed by atoms with Gasteiger partial charge < -0.3 is 10.6 Å². The predicted octanol–water partition coefficient (Wildman–Crippen LogP) is 4.95. The first-order chi connectivity index (χ1) is 10.4. The Hall–Kier alpha value is -2.29. The Morgan fingerprint density at radius 3 is 2.14 bits per heavy atom. The monoisotopic (exact) mass is 296 g/mol. The van der Waals surface area contributed by atoms with E-state index in [-0.39, 0.29) is 11.8 Å². The lowest BCUT2D eigenvalue weighted by Crippen LogP contribution is -2.19. The van der Waals surface area contributed by atoms with Crippen LogP contribution >= 0.6 is 0 Å². The van der Waals surface area contributed by atoms with Crippen LogP contribution in [0.4, 0.5) is 17.1 Å². The summed E-state index contributed by atoms with van der Waals surface area (Å²) < 4.78 is 0. The summed E-state index contributed by atoms with van der Waals surface area (Å²) in [5, 5.41) is 6.51. The van der Waals surface area contributed by atoms with Gasteiger partial charge in [-0.1, -0.05) is 38.1 Å². The summed E-state index contributed by atoms with van der Waals surface area (Å²) in [5.41, 5.74) is 6.32. The molecule has 2 aromatic rings. The van der Waals surface area contributed by atoms with E-state index in [4.69, 9.17) is 0 Å². The third-order valence-corrected chi connectivity index (χ3v) is 3.79. The molecule has 22 heavy (non-hydrogen) atoms. The minimum absolute atomic E-state index is 0.0364. The second-order valence-corrected chi connectivity index (χ2v) is 6.02. The van der Waals surface area contributed by atoms with Gasteiger partial charge in [0, 0.05) is 23.0 Å². The van der Waals surface area contributed by atoms with Gasteiger partial charge in [-0.25, -0.2) is 0 Å². The number of para-hydroxylation sites is 1. The number of anilines is 3. The molecule has 2 aromatic carbocycles. The molecule has 0 fully saturated rings. The average molecular weight is 296 g/mol. The lowest BCUT2D eigenvalue weighted by Gasteiger charge is -2.20. The standard InChI is InChI=1S/C19H24N2O/c1-12(2)19(22)21-18-14(4)11-13(3)17(15(18)5)20-16-9-7-6-8-10-16/h6-12,20H,1-5H3,(H,21,22). The first-order valence-corrected chi connectivity index (χ1v) is 7.64. The number of rotatable bonds is 4. The van der Waals surface area contributed by atoms with Crippen molar-refractivity contribution in [3.05, 3.63) is 53.1 Å². The lowest BCUT2D eigenvalue weighted by atomic mass is 10.0. The summed E-state index contributed by atoms with van der Waals surface area (Å²) in [6.45, 7) is 9.96. The highest BCUT2D eigenvalue weighted by atomic mass is 16.1. The number of hydrogen-bond acceptors (Lipinski definition) is 2. The van der Waals surface area contributed by atoms with Gasteiger partial charge in [-0.3, -0.25) is 4.79 Å². The van der Waals surface area contributed by atoms with Crippen LogP contribution in [0.15, 0.2) is 36.4 Å². The van der Waals surface area contributed by atoms with E-state index in [0.717, 1.165) is 28.2 Å². The van der Waals surface area contributed by atoms with Gasteiger partial charge in [0.05, 0.1) is 0 Å². The minimum Gasteiger partial charge on any atom is -0.355 e. The largest absolute Gasteiger partial charge is 0.355 e. The molecule has 0 bridgehead atoms. The Morgan fingerprint density at radius 2 is 1.55 bits per heavy atom. The molecular formula is C19H24N2O. The summed E-state index contributed by atoms with van der Waals surface area (Å²) in [7, 11) is 0. The summed E-state index contributed by atoms with van der Waals surface area (Å²) >= 11 is 0. The number of nitrogens with one attached hydrogen (secondary N) is 2. The van der Waals surface area contributed by atoms with Crippen LogP contribution < -0.4 is 10.6 Å². The summed E-state index contributed by atoms with van der Waals surface area (Å²) in [6.07, 6.45) is 0. The molecular weight excluding hydrogens is 272 g/mol. The van der Waals surface area contributed by atoms with Gasteiger partial charge in [0.15, 0.2) is 0 Å². The van der Waals surface area contributed by atoms with Gasteiger partial charge in [0.25, 0.3) is 0 Å². The highest BCUT2D eigenvalue weighted by Crippen LogP contribution is 2.33. The fourth-order valence-electron chi connectivity index (χ4n) is 2.50. The molecule has 0 aliphatic carbocycles. The Balaban J connectivity index is 2.40. The van der Waals surface area contributed by atoms with Crippen LogP contribution in [0.2, 0.25) is 0 Å². The first-order valence-electron chi connectivity index (χ1n) is 7.64. The van der Waals surface area contributed by atoms with Crippen molar-refractivity contribution in [2.75, 3.05) is 10.6 Å². The second-order valence-electron chi connectivity index (χ2n) is 6.02. The number of benzene rings is 2. The second kappa shape index (κ2) is 6.65. The van der Waals surface area contributed by atoms with Gasteiger partial charge >= 0.3 is 0 Å². The maximum atomic E-state index is 12.0. The molecule has 1 amide bonds. The summed E-state index contributed by atoms with van der Waals surface area (Å²) in [6, 6.07) is 12.2. The van der Waals surface area contributed by atoms with Crippen molar-refractivity contribution in [2.24, 2.45) is 5.92 Å². The van der Waals surface area contributed by atoms with Crippen molar-refractivity contribution in [2.45, 2.75) is 34.6 Å². The Bertz CT molecular complexity index is 676. The maximum Gasteiger partial charge on any atom is 0.226 e. The van der Waals surface area contributed by atoms with E-state index in [1.807, 2.05) is 58.0 Å². The maximum absolute atomic E-state index is 12.0. The SMILES string of the molecule is Cc1cc(C)c(Nc2ccccc2)c(C)c1NC(=O)C(C)C. The fraction of sp³-hybridized carbons (Fsp3) is 0.316. The normalized spacial score (nSPS) is 10.6. The smallest absolute Gasteiger partial charge is 0.226 e. The lowest BCUT2D eigenvalue weighted by molar-refractivity contribution is -0.118. The quantitative estimate of drug-likeness (QED) is 0.838. The van der Waals surface area contributed by atoms with Crippen molar-refractivity contribution in [1.29, 1.82) is 0 Å². The van der Waals surface area contributed by atoms with Crippen LogP contribution in [-0.4, -0.2) is 5.91 Å². The van der Waals surface area contributed by atoms with Crippen LogP contribution in [0, 0.1) is 26.7 Å². The molecule has 2 N–H and O–H groups in total. The van der Waals surface area contributed by atoms with Gasteiger partial charge in [-0.15, -0.1) is 0 Å². The van der Waals surface area contributed by atoms with E-state index in [2.05, 4.69) is 23.6 Å². The van der Waals surface area contributed by atoms with E-state index < -0.39 is 0 Å². The molecule has 0 aliphatic heterocycles. The zero-order valence-electron chi connectivity index (χ0n) is 13.9. The van der Waals surface area contributed by atoms with Gasteiger partial charge in [-0.05, 0) is 49.6 Å². The Morgan fingerprint density at radius 1 is 0.955 bits per heavy atom. The molecule has 0 aromatic heterocycles. The Labute approximate surface area is 132 Å². The molecule has 0 unspecified atom stereocenters. The molecule has 0 saturated carbocycles. The fourth-order valence-corrected chi connectivity index (χ4v) is 2.50. The van der Waals surface area contributed by atoms with Crippen LogP contribution in [-0.2, 0) is 4.79 Å². The van der Waals surface area contributed by atoms with Gasteiger partial charge in [-0.2, -0.15) is 0 Å². The van der Waals surface area contributed by atoms with E-state index in [9.17, 15) is 4.79 Å². The third kappa shape index (κ3) is 3.48. The summed E-state index contributed by atoms with van der Waals surface area (Å²) in [4.78, 5) is 12.0. The number of hydrogen-bond donors (Lipinski definition) is 2. The highest BCUT2D eigenvalue weighted by molar-refractivity contribution is 5.95. The molecule has 0 saturated heterocycles. The van der Waals surface area contributed by atoms with Crippen LogP contribution in [0.25, 0.3) is 0 Å². The van der Waals surface area contributed by atoms with Crippen LogP contribution in [0.1, 0.15) is 30.5 Å². The predicted molar refractivity (Wildman–Crippen MR) is 93.8 cm³/mol. The Kier molecular flexibility index (Phi) is 4.86. The molecule has 0 radical (unpaired) electrons. The number of amides is 1. The molecule has 0 heterocycles. The molecule has 2 rings (SSSR count). The zero-order chi connectivity index (χ0) is 16.3. The van der Waals surface area contributed by atoms with Crippen molar-refractivity contribution < 1.29 is 4.79 Å². The van der Waals surface area contributed by atoms with E-state index >= 15 is 0 Å². The molecule has 3 nitrogen and oxygen atoms in total.